The fraction of sp³-hybridized carbons (Fsp3) is 0.407. The summed E-state index contributed by atoms with van der Waals surface area (Å²) >= 11 is 0. The average molecular weight is 468 g/mol. The van der Waals surface area contributed by atoms with Crippen LogP contribution in [-0.2, 0) is 28.6 Å². The Bertz CT molecular complexity index is 917. The predicted octanol–water partition coefficient (Wildman–Crippen LogP) is 4.37. The summed E-state index contributed by atoms with van der Waals surface area (Å²) < 4.78 is 15.6. The van der Waals surface area contributed by atoms with Crippen LogP contribution in [0.1, 0.15) is 51.2 Å². The molecule has 0 radical (unpaired) electrons. The van der Waals surface area contributed by atoms with Crippen molar-refractivity contribution in [3.8, 4) is 0 Å². The third kappa shape index (κ3) is 6.31. The molecule has 2 rings (SSSR count). The lowest BCUT2D eigenvalue weighted by Gasteiger charge is -2.32. The van der Waals surface area contributed by atoms with Crippen LogP contribution in [0, 0.1) is 5.92 Å². The van der Waals surface area contributed by atoms with Crippen LogP contribution in [0.25, 0.3) is 0 Å². The summed E-state index contributed by atoms with van der Waals surface area (Å²) in [4.78, 5) is 43.6. The second-order valence-corrected chi connectivity index (χ2v) is 7.84. The van der Waals surface area contributed by atoms with Crippen molar-refractivity contribution in [3.63, 3.8) is 0 Å². The Labute approximate surface area is 201 Å². The van der Waals surface area contributed by atoms with Gasteiger partial charge in [-0.25, -0.2) is 4.79 Å². The van der Waals surface area contributed by atoms with E-state index in [1.807, 2.05) is 81.4 Å². The molecule has 0 saturated carbocycles. The van der Waals surface area contributed by atoms with Crippen LogP contribution in [0.3, 0.4) is 0 Å². The summed E-state index contributed by atoms with van der Waals surface area (Å²) in [5.41, 5.74) is 1.14. The highest BCUT2D eigenvalue weighted by atomic mass is 16.6. The highest BCUT2D eigenvalue weighted by Crippen LogP contribution is 2.28. The second-order valence-electron chi connectivity index (χ2n) is 7.84. The van der Waals surface area contributed by atoms with E-state index in [1.165, 1.54) is 0 Å². The number of esters is 3. The molecule has 0 aliphatic rings. The van der Waals surface area contributed by atoms with Crippen LogP contribution in [-0.4, -0.2) is 49.5 Å². The third-order valence-electron chi connectivity index (χ3n) is 6.08. The fourth-order valence-electron chi connectivity index (χ4n) is 3.76. The minimum Gasteiger partial charge on any atom is -0.468 e. The van der Waals surface area contributed by atoms with Crippen molar-refractivity contribution in [2.24, 2.45) is 10.9 Å². The number of benzene rings is 2. The van der Waals surface area contributed by atoms with Gasteiger partial charge in [-0.1, -0.05) is 81.4 Å². The van der Waals surface area contributed by atoms with Crippen molar-refractivity contribution in [1.29, 1.82) is 0 Å². The van der Waals surface area contributed by atoms with Gasteiger partial charge in [-0.3, -0.25) is 14.6 Å². The van der Waals surface area contributed by atoms with Gasteiger partial charge in [0.05, 0.1) is 19.9 Å². The number of ether oxygens (including phenoxy) is 3. The molecule has 0 heterocycles. The van der Waals surface area contributed by atoms with Crippen LogP contribution in [0.15, 0.2) is 65.7 Å². The maximum absolute atomic E-state index is 13.6. The van der Waals surface area contributed by atoms with Gasteiger partial charge in [0.1, 0.15) is 5.60 Å². The summed E-state index contributed by atoms with van der Waals surface area (Å²) in [5, 5.41) is 0. The number of aliphatic imine (C=N–C) groups is 1. The normalized spacial score (nSPS) is 11.9. The lowest BCUT2D eigenvalue weighted by atomic mass is 9.93. The van der Waals surface area contributed by atoms with E-state index in [-0.39, 0.29) is 0 Å². The van der Waals surface area contributed by atoms with Gasteiger partial charge in [-0.15, -0.1) is 0 Å². The molecule has 0 N–H and O–H groups in total. The smallest absolute Gasteiger partial charge is 0.332 e. The molecule has 0 saturated heterocycles. The van der Waals surface area contributed by atoms with Crippen LogP contribution in [0.2, 0.25) is 0 Å². The Morgan fingerprint density at radius 2 is 1.15 bits per heavy atom. The number of carbonyl (C=O) groups excluding carboxylic acids is 3. The quantitative estimate of drug-likeness (QED) is 0.211. The molecule has 0 amide bonds. The number of hydrogen-bond acceptors (Lipinski definition) is 7. The summed E-state index contributed by atoms with van der Waals surface area (Å²) in [5.74, 6) is -4.25. The molecule has 0 spiro atoms. The average Bonchev–Trinajstić information content (AvgIpc) is 2.89. The Hall–Kier alpha value is -3.48. The van der Waals surface area contributed by atoms with Gasteiger partial charge in [0.15, 0.2) is 12.0 Å². The molecule has 0 fully saturated rings. The zero-order valence-electron chi connectivity index (χ0n) is 20.4. The zero-order valence-corrected chi connectivity index (χ0v) is 20.4. The van der Waals surface area contributed by atoms with E-state index < -0.39 is 35.5 Å². The maximum Gasteiger partial charge on any atom is 0.332 e. The van der Waals surface area contributed by atoms with E-state index in [0.29, 0.717) is 36.1 Å². The van der Waals surface area contributed by atoms with Crippen molar-refractivity contribution in [1.82, 2.24) is 0 Å². The standard InChI is InChI=1S/C27H33NO6/c1-6-27(7-2,8-3)34-26(31)23(21(24(29)32-4)25(30)33-5)28-22(19-15-11-9-12-16-19)20-17-13-10-14-18-20/h9-18,21,23H,6-8H2,1-5H3/t23-/m0/s1. The molecule has 2 aromatic carbocycles. The largest absolute Gasteiger partial charge is 0.468 e. The van der Waals surface area contributed by atoms with Gasteiger partial charge < -0.3 is 14.2 Å². The second kappa shape index (κ2) is 12.7. The number of nitrogens with zero attached hydrogens (tertiary/aromatic N) is 1. The minimum atomic E-state index is -1.62. The number of carbonyl (C=O) groups is 3. The van der Waals surface area contributed by atoms with Gasteiger partial charge >= 0.3 is 17.9 Å². The fourth-order valence-corrected chi connectivity index (χ4v) is 3.76. The number of rotatable bonds is 11. The van der Waals surface area contributed by atoms with E-state index in [1.54, 1.807) is 0 Å². The first-order chi connectivity index (χ1) is 16.4. The molecule has 0 aliphatic carbocycles. The van der Waals surface area contributed by atoms with Crippen molar-refractivity contribution < 1.29 is 28.6 Å². The lowest BCUT2D eigenvalue weighted by Crippen LogP contribution is -2.45. The summed E-state index contributed by atoms with van der Waals surface area (Å²) in [7, 11) is 2.29. The zero-order chi connectivity index (χ0) is 25.1. The number of hydrogen-bond donors (Lipinski definition) is 0. The summed E-state index contributed by atoms with van der Waals surface area (Å²) in [6.07, 6.45) is 1.73. The molecule has 0 bridgehead atoms. The van der Waals surface area contributed by atoms with Crippen LogP contribution >= 0.6 is 0 Å². The van der Waals surface area contributed by atoms with Crippen molar-refractivity contribution in [3.05, 3.63) is 71.8 Å². The van der Waals surface area contributed by atoms with Crippen LogP contribution in [0.5, 0.6) is 0 Å². The van der Waals surface area contributed by atoms with E-state index in [2.05, 4.69) is 4.99 Å². The molecular formula is C27H33NO6. The summed E-state index contributed by atoms with van der Waals surface area (Å²) in [6.45, 7) is 5.78. The van der Waals surface area contributed by atoms with Crippen molar-refractivity contribution in [2.75, 3.05) is 14.2 Å². The Kier molecular flexibility index (Phi) is 9.98. The van der Waals surface area contributed by atoms with Crippen LogP contribution < -0.4 is 0 Å². The molecule has 7 heteroatoms. The van der Waals surface area contributed by atoms with Gasteiger partial charge in [0.25, 0.3) is 0 Å². The Morgan fingerprint density at radius 3 is 1.50 bits per heavy atom. The van der Waals surface area contributed by atoms with Gasteiger partial charge in [0, 0.05) is 11.1 Å². The topological polar surface area (TPSA) is 91.3 Å². The third-order valence-corrected chi connectivity index (χ3v) is 6.08. The summed E-state index contributed by atoms with van der Waals surface area (Å²) in [6, 6.07) is 17.0. The van der Waals surface area contributed by atoms with Gasteiger partial charge in [0.2, 0.25) is 0 Å². The van der Waals surface area contributed by atoms with E-state index in [4.69, 9.17) is 14.2 Å². The maximum atomic E-state index is 13.6. The molecule has 7 nitrogen and oxygen atoms in total. The van der Waals surface area contributed by atoms with Gasteiger partial charge in [-0.05, 0) is 19.3 Å². The molecule has 0 aromatic heterocycles. The Morgan fingerprint density at radius 1 is 0.735 bits per heavy atom. The van der Waals surface area contributed by atoms with Crippen molar-refractivity contribution >= 4 is 23.6 Å². The lowest BCUT2D eigenvalue weighted by molar-refractivity contribution is -0.173. The monoisotopic (exact) mass is 467 g/mol. The molecule has 34 heavy (non-hydrogen) atoms. The molecule has 182 valence electrons. The predicted molar refractivity (Wildman–Crippen MR) is 130 cm³/mol. The first-order valence-corrected chi connectivity index (χ1v) is 11.4. The van der Waals surface area contributed by atoms with Crippen molar-refractivity contribution in [2.45, 2.75) is 51.7 Å². The molecule has 1 atom stereocenters. The molecular weight excluding hydrogens is 434 g/mol. The number of methoxy groups -OCH3 is 2. The van der Waals surface area contributed by atoms with E-state index >= 15 is 0 Å². The van der Waals surface area contributed by atoms with E-state index in [9.17, 15) is 14.4 Å². The molecule has 2 aromatic rings. The van der Waals surface area contributed by atoms with E-state index in [0.717, 1.165) is 14.2 Å². The first kappa shape index (κ1) is 26.8. The highest BCUT2D eigenvalue weighted by Gasteiger charge is 2.45. The SMILES string of the molecule is CCC(CC)(CC)OC(=O)[C@@H](N=C(c1ccccc1)c1ccccc1)C(C(=O)OC)C(=O)OC. The van der Waals surface area contributed by atoms with Gasteiger partial charge in [-0.2, -0.15) is 0 Å². The highest BCUT2D eigenvalue weighted by molar-refractivity contribution is 6.14. The molecule has 0 aliphatic heterocycles. The first-order valence-electron chi connectivity index (χ1n) is 11.4. The molecule has 0 unspecified atom stereocenters. The minimum absolute atomic E-state index is 0.441. The Balaban J connectivity index is 2.73. The van der Waals surface area contributed by atoms with Crippen LogP contribution in [0.4, 0.5) is 0 Å².